The van der Waals surface area contributed by atoms with E-state index < -0.39 is 23.7 Å². The van der Waals surface area contributed by atoms with E-state index in [-0.39, 0.29) is 0 Å². The Balaban J connectivity index is 1.90. The fourth-order valence-electron chi connectivity index (χ4n) is 4.16. The summed E-state index contributed by atoms with van der Waals surface area (Å²) in [7, 11) is -6.21. The Labute approximate surface area is 267 Å². The average molecular weight is 686 g/mol. The van der Waals surface area contributed by atoms with Crippen molar-refractivity contribution in [2.24, 2.45) is 4.52 Å². The molecule has 15 heteroatoms. The molecule has 0 radical (unpaired) electrons. The van der Waals surface area contributed by atoms with Crippen molar-refractivity contribution in [3.8, 4) is 34.5 Å². The molecule has 0 aromatic heterocycles. The second kappa shape index (κ2) is 16.8. The van der Waals surface area contributed by atoms with Gasteiger partial charge in [0, 0.05) is 0 Å². The minimum absolute atomic E-state index is 0.349. The zero-order chi connectivity index (χ0) is 32.2. The third-order valence-electron chi connectivity index (χ3n) is 6.28. The van der Waals surface area contributed by atoms with Crippen LogP contribution in [0.3, 0.4) is 0 Å². The SMILES string of the molecule is CCCOP1(Oc2ccc(OC)cc2)=N[PH](OCCC)(Oc2ccc(OC)cc2)N[PH](OCCC)(Oc2ccc(OC)cc2)N1. The van der Waals surface area contributed by atoms with Crippen LogP contribution in [0.25, 0.3) is 0 Å². The van der Waals surface area contributed by atoms with Crippen molar-refractivity contribution in [2.75, 3.05) is 41.2 Å². The molecule has 4 rings (SSSR count). The standard InChI is InChI=1S/C30H46N3O9P3/c1-7-22-37-43(40-28-16-10-25(34-4)11-17-28)31-44(38-23-8-2,41-29-18-12-26(35-5)13-19-29)33-45(32-43,39-24-9-3)42-30-20-14-27(36-6)15-21-30/h10-21,31-32,43-44H,7-9,22-24H2,1-6H3. The van der Waals surface area contributed by atoms with Crippen molar-refractivity contribution in [3.63, 3.8) is 0 Å². The van der Waals surface area contributed by atoms with Crippen LogP contribution in [0.15, 0.2) is 77.3 Å². The van der Waals surface area contributed by atoms with Gasteiger partial charge < -0.3 is 0 Å². The van der Waals surface area contributed by atoms with Gasteiger partial charge in [0.1, 0.15) is 0 Å². The summed E-state index contributed by atoms with van der Waals surface area (Å²) in [5.41, 5.74) is 0. The van der Waals surface area contributed by atoms with Crippen molar-refractivity contribution in [1.82, 2.24) is 9.72 Å². The number of ether oxygens (including phenoxy) is 3. The van der Waals surface area contributed by atoms with E-state index in [1.165, 1.54) is 0 Å². The first-order valence-corrected chi connectivity index (χ1v) is 20.1. The topological polar surface area (TPSA) is 119 Å². The number of rotatable bonds is 18. The first kappa shape index (κ1) is 35.2. The molecule has 0 saturated heterocycles. The fourth-order valence-corrected chi connectivity index (χ4v) is 16.3. The van der Waals surface area contributed by atoms with Gasteiger partial charge in [-0.2, -0.15) is 0 Å². The van der Waals surface area contributed by atoms with Gasteiger partial charge in [0.05, 0.1) is 0 Å². The molecular weight excluding hydrogens is 639 g/mol. The zero-order valence-corrected chi connectivity index (χ0v) is 29.6. The van der Waals surface area contributed by atoms with E-state index in [0.717, 1.165) is 12.8 Å². The van der Waals surface area contributed by atoms with E-state index >= 15 is 0 Å². The molecule has 0 aliphatic carbocycles. The van der Waals surface area contributed by atoms with Crippen LogP contribution in [0.4, 0.5) is 0 Å². The molecule has 250 valence electrons. The normalized spacial score (nSPS) is 19.8. The molecule has 1 atom stereocenters. The number of hydrogen-bond acceptors (Lipinski definition) is 12. The first-order valence-electron chi connectivity index (χ1n) is 15.0. The summed E-state index contributed by atoms with van der Waals surface area (Å²) in [4.78, 5) is 7.05. The fraction of sp³-hybridized carbons (Fsp3) is 0.400. The number of nitrogens with one attached hydrogen (secondary N) is 2. The third-order valence-corrected chi connectivity index (χ3v) is 16.5. The van der Waals surface area contributed by atoms with Gasteiger partial charge in [-0.25, -0.2) is 0 Å². The van der Waals surface area contributed by atoms with Crippen LogP contribution in [0.5, 0.6) is 34.5 Å². The Morgan fingerprint density at radius 1 is 0.578 bits per heavy atom. The molecule has 3 aromatic carbocycles. The van der Waals surface area contributed by atoms with Crippen LogP contribution in [0.2, 0.25) is 0 Å². The van der Waals surface area contributed by atoms with Gasteiger partial charge in [-0.1, -0.05) is 0 Å². The van der Waals surface area contributed by atoms with E-state index in [4.69, 9.17) is 45.9 Å². The van der Waals surface area contributed by atoms with E-state index in [1.54, 1.807) is 45.6 Å². The van der Waals surface area contributed by atoms with Crippen molar-refractivity contribution in [3.05, 3.63) is 72.8 Å². The number of methoxy groups -OCH3 is 3. The first-order chi connectivity index (χ1) is 21.8. The summed E-state index contributed by atoms with van der Waals surface area (Å²) in [6.07, 6.45) is 2.16. The molecule has 0 fully saturated rings. The molecule has 1 aliphatic heterocycles. The molecule has 2 N–H and O–H groups in total. The molecule has 0 bridgehead atoms. The van der Waals surface area contributed by atoms with E-state index in [2.05, 4.69) is 9.72 Å². The Kier molecular flexibility index (Phi) is 13.1. The van der Waals surface area contributed by atoms with Crippen LogP contribution < -0.4 is 37.5 Å². The predicted octanol–water partition coefficient (Wildman–Crippen LogP) is 8.49. The van der Waals surface area contributed by atoms with Crippen LogP contribution in [0, 0.1) is 0 Å². The molecule has 0 spiro atoms. The van der Waals surface area contributed by atoms with E-state index in [1.807, 2.05) is 69.3 Å². The minimum atomic E-state index is -3.85. The van der Waals surface area contributed by atoms with Gasteiger partial charge in [0.2, 0.25) is 0 Å². The number of nitrogens with zero attached hydrogens (tertiary/aromatic N) is 1. The Hall–Kier alpha value is -2.65. The van der Waals surface area contributed by atoms with Gasteiger partial charge in [-0.05, 0) is 0 Å². The predicted molar refractivity (Wildman–Crippen MR) is 182 cm³/mol. The van der Waals surface area contributed by atoms with E-state index in [0.29, 0.717) is 60.7 Å². The average Bonchev–Trinajstić information content (AvgIpc) is 3.06. The molecular formula is C30H46N3O9P3. The molecule has 0 amide bonds. The summed E-state index contributed by atoms with van der Waals surface area (Å²) in [6.45, 7) is 7.15. The molecule has 45 heavy (non-hydrogen) atoms. The van der Waals surface area contributed by atoms with Gasteiger partial charge in [-0.3, -0.25) is 0 Å². The summed E-state index contributed by atoms with van der Waals surface area (Å²) in [5, 5.41) is 0. The second-order valence-corrected chi connectivity index (χ2v) is 17.5. The van der Waals surface area contributed by atoms with Crippen molar-refractivity contribution in [2.45, 2.75) is 40.0 Å². The summed E-state index contributed by atoms with van der Waals surface area (Å²) >= 11 is 0. The van der Waals surface area contributed by atoms with Crippen molar-refractivity contribution >= 4 is 23.7 Å². The zero-order valence-electron chi connectivity index (χ0n) is 26.7. The molecule has 0 saturated carbocycles. The number of hydrogen-bond donors (Lipinski definition) is 2. The van der Waals surface area contributed by atoms with Gasteiger partial charge in [0.15, 0.2) is 0 Å². The maximum atomic E-state index is 6.74. The maximum absolute atomic E-state index is 6.74. The summed E-state index contributed by atoms with van der Waals surface area (Å²) in [6, 6.07) is 21.7. The number of benzene rings is 3. The molecule has 12 nitrogen and oxygen atoms in total. The van der Waals surface area contributed by atoms with Crippen LogP contribution in [0.1, 0.15) is 40.0 Å². The van der Waals surface area contributed by atoms with Gasteiger partial charge in [0.25, 0.3) is 0 Å². The second-order valence-electron chi connectivity index (χ2n) is 9.91. The molecule has 3 aromatic rings. The Bertz CT molecular complexity index is 1380. The van der Waals surface area contributed by atoms with E-state index in [9.17, 15) is 0 Å². The van der Waals surface area contributed by atoms with Crippen LogP contribution >= 0.6 is 23.7 Å². The monoisotopic (exact) mass is 685 g/mol. The quantitative estimate of drug-likeness (QED) is 0.126. The van der Waals surface area contributed by atoms with Crippen molar-refractivity contribution < 1.29 is 41.4 Å². The Morgan fingerprint density at radius 2 is 1.02 bits per heavy atom. The van der Waals surface area contributed by atoms with Crippen LogP contribution in [-0.4, -0.2) is 41.2 Å². The Morgan fingerprint density at radius 3 is 1.51 bits per heavy atom. The van der Waals surface area contributed by atoms with Gasteiger partial charge >= 0.3 is 268 Å². The molecule has 1 aliphatic rings. The van der Waals surface area contributed by atoms with Gasteiger partial charge in [-0.15, -0.1) is 0 Å². The third kappa shape index (κ3) is 9.67. The summed E-state index contributed by atoms with van der Waals surface area (Å²) < 4.78 is 61.1. The van der Waals surface area contributed by atoms with Crippen molar-refractivity contribution in [1.29, 1.82) is 0 Å². The summed E-state index contributed by atoms with van der Waals surface area (Å²) in [5.74, 6) is 3.66. The molecule has 1 unspecified atom stereocenters. The van der Waals surface area contributed by atoms with Crippen LogP contribution in [-0.2, 0) is 13.6 Å². The molecule has 1 heterocycles.